The van der Waals surface area contributed by atoms with E-state index in [4.69, 9.17) is 4.43 Å². The number of pyridine rings is 1. The number of H-pyrrole nitrogens is 1. The Kier molecular flexibility index (Phi) is 11.6. The summed E-state index contributed by atoms with van der Waals surface area (Å²) in [7, 11) is -2.22. The van der Waals surface area contributed by atoms with Gasteiger partial charge in [0.15, 0.2) is 8.32 Å². The van der Waals surface area contributed by atoms with Gasteiger partial charge >= 0.3 is 11.0 Å². The molecule has 2 aromatic heterocycles. The number of carbonyl (C=O) groups is 1. The number of hydrogen-bond acceptors (Lipinski definition) is 7. The Labute approximate surface area is 319 Å². The van der Waals surface area contributed by atoms with E-state index in [2.05, 4.69) is 55.5 Å². The lowest BCUT2D eigenvalue weighted by Gasteiger charge is -2.39. The van der Waals surface area contributed by atoms with Crippen LogP contribution in [0.2, 0.25) is 18.1 Å². The van der Waals surface area contributed by atoms with E-state index in [1.54, 1.807) is 12.1 Å². The maximum atomic E-state index is 13.1. The first kappa shape index (κ1) is 38.7. The lowest BCUT2D eigenvalue weighted by Crippen LogP contribution is -2.43. The third-order valence-electron chi connectivity index (χ3n) is 10.4. The predicted octanol–water partition coefficient (Wildman–Crippen LogP) is 9.24. The minimum absolute atomic E-state index is 0.00959. The molecule has 2 heterocycles. The highest BCUT2D eigenvalue weighted by Gasteiger charge is 2.39. The van der Waals surface area contributed by atoms with Gasteiger partial charge in [-0.3, -0.25) is 19.5 Å². The number of carboxylic acid groups (broad SMARTS) is 1. The fourth-order valence-electron chi connectivity index (χ4n) is 6.50. The van der Waals surface area contributed by atoms with E-state index in [0.717, 1.165) is 62.7 Å². The molecule has 5 N–H and O–H groups in total. The van der Waals surface area contributed by atoms with Crippen LogP contribution in [-0.4, -0.2) is 40.7 Å². The Morgan fingerprint density at radius 3 is 2.44 bits per heavy atom. The van der Waals surface area contributed by atoms with Gasteiger partial charge in [0.25, 0.3) is 0 Å². The minimum Gasteiger partial charge on any atom is -0.506 e. The van der Waals surface area contributed by atoms with E-state index in [1.807, 2.05) is 71.3 Å². The summed E-state index contributed by atoms with van der Waals surface area (Å²) in [6.07, 6.45) is 0.963. The zero-order chi connectivity index (χ0) is 38.6. The van der Waals surface area contributed by atoms with Gasteiger partial charge in [-0.2, -0.15) is 0 Å². The molecule has 0 aliphatic heterocycles. The Bertz CT molecular complexity index is 2400. The molecule has 0 aliphatic carbocycles. The van der Waals surface area contributed by atoms with Crippen LogP contribution in [0.5, 0.6) is 5.75 Å². The van der Waals surface area contributed by atoms with Gasteiger partial charge in [0.2, 0.25) is 5.56 Å². The number of thiazole rings is 1. The highest BCUT2D eigenvalue weighted by Crippen LogP contribution is 2.41. The van der Waals surface area contributed by atoms with Gasteiger partial charge in [-0.1, -0.05) is 86.7 Å². The van der Waals surface area contributed by atoms with Crippen molar-refractivity contribution in [3.05, 3.63) is 128 Å². The van der Waals surface area contributed by atoms with Crippen molar-refractivity contribution >= 4 is 52.6 Å². The standard InChI is InChI=1S/C42H48N4O6SSi/c1-42(2,3)54(4,5)52-36(31-17-20-35(47)39-32(31)18-21-38(48)45-39)26-43-25-28-15-19-34-37(24-28)53-41(51)46(34)22-10-9-11-27-14-16-30(29-12-7-6-8-13-29)33(23-27)44-40(49)50/h6-8,12-21,23-24,36,43-44,47H,9-11,22,25-26H2,1-5H3,(H,45,48)(H,49,50)/t36-/m0/s1. The number of unbranched alkanes of at least 4 members (excludes halogenated alkanes) is 1. The van der Waals surface area contributed by atoms with Crippen molar-refractivity contribution in [1.29, 1.82) is 0 Å². The van der Waals surface area contributed by atoms with Crippen molar-refractivity contribution in [3.8, 4) is 16.9 Å². The molecule has 6 rings (SSSR count). The lowest BCUT2D eigenvalue weighted by atomic mass is 9.99. The number of nitrogens with one attached hydrogen (secondary N) is 3. The summed E-state index contributed by atoms with van der Waals surface area (Å²) in [5, 5.41) is 26.8. The summed E-state index contributed by atoms with van der Waals surface area (Å²) in [4.78, 5) is 39.5. The van der Waals surface area contributed by atoms with Crippen LogP contribution in [0.15, 0.2) is 101 Å². The molecule has 0 radical (unpaired) electrons. The summed E-state index contributed by atoms with van der Waals surface area (Å²) in [6.45, 7) is 12.7. The van der Waals surface area contributed by atoms with Gasteiger partial charge in [-0.05, 0) is 90.0 Å². The van der Waals surface area contributed by atoms with Crippen molar-refractivity contribution in [1.82, 2.24) is 14.9 Å². The van der Waals surface area contributed by atoms with E-state index in [-0.39, 0.29) is 27.3 Å². The smallest absolute Gasteiger partial charge is 0.409 e. The van der Waals surface area contributed by atoms with Gasteiger partial charge in [-0.15, -0.1) is 0 Å². The number of amides is 1. The van der Waals surface area contributed by atoms with Crippen LogP contribution in [0.25, 0.3) is 32.2 Å². The normalized spacial score (nSPS) is 12.7. The summed E-state index contributed by atoms with van der Waals surface area (Å²) < 4.78 is 9.72. The van der Waals surface area contributed by atoms with Gasteiger partial charge in [-0.25, -0.2) is 4.79 Å². The number of aromatic amines is 1. The molecule has 6 aromatic rings. The average Bonchev–Trinajstić information content (AvgIpc) is 3.43. The van der Waals surface area contributed by atoms with E-state index >= 15 is 0 Å². The van der Waals surface area contributed by atoms with Crippen molar-refractivity contribution in [3.63, 3.8) is 0 Å². The zero-order valence-electron chi connectivity index (χ0n) is 31.4. The van der Waals surface area contributed by atoms with E-state index < -0.39 is 14.4 Å². The number of benzene rings is 4. The Balaban J connectivity index is 1.11. The number of fused-ring (bicyclic) bond motifs is 2. The van der Waals surface area contributed by atoms with E-state index in [1.165, 1.54) is 17.4 Å². The Hall–Kier alpha value is -5.01. The van der Waals surface area contributed by atoms with Crippen LogP contribution in [0.4, 0.5) is 10.5 Å². The first-order valence-corrected chi connectivity index (χ1v) is 22.0. The number of anilines is 1. The Morgan fingerprint density at radius 2 is 1.70 bits per heavy atom. The highest BCUT2D eigenvalue weighted by atomic mass is 32.1. The molecule has 4 aromatic carbocycles. The topological polar surface area (TPSA) is 146 Å². The maximum absolute atomic E-state index is 13.1. The summed E-state index contributed by atoms with van der Waals surface area (Å²) in [5.41, 5.74) is 6.33. The van der Waals surface area contributed by atoms with Crippen molar-refractivity contribution < 1.29 is 19.4 Å². The highest BCUT2D eigenvalue weighted by molar-refractivity contribution is 7.16. The molecule has 54 heavy (non-hydrogen) atoms. The molecule has 0 bridgehead atoms. The van der Waals surface area contributed by atoms with Gasteiger partial charge < -0.3 is 24.9 Å². The quantitative estimate of drug-likeness (QED) is 0.0549. The number of aryl methyl sites for hydroxylation is 2. The monoisotopic (exact) mass is 764 g/mol. The summed E-state index contributed by atoms with van der Waals surface area (Å²) in [5.74, 6) is 0.0164. The second kappa shape index (κ2) is 16.2. The summed E-state index contributed by atoms with van der Waals surface area (Å²) >= 11 is 1.25. The van der Waals surface area contributed by atoms with Crippen molar-refractivity contribution in [2.45, 2.75) is 77.4 Å². The van der Waals surface area contributed by atoms with E-state index in [9.17, 15) is 24.6 Å². The van der Waals surface area contributed by atoms with Crippen molar-refractivity contribution in [2.24, 2.45) is 0 Å². The van der Waals surface area contributed by atoms with Crippen LogP contribution in [0.1, 0.15) is 56.4 Å². The molecular formula is C42H48N4O6SSi. The first-order chi connectivity index (χ1) is 25.7. The van der Waals surface area contributed by atoms with Crippen LogP contribution in [0, 0.1) is 0 Å². The van der Waals surface area contributed by atoms with E-state index in [0.29, 0.717) is 30.8 Å². The number of hydrogen-bond donors (Lipinski definition) is 5. The SMILES string of the molecule is CC(C)(C)[Si](C)(C)O[C@@H](CNCc1ccc2c(c1)sc(=O)n2CCCCc1ccc(-c2ccccc2)c(NC(=O)O)c1)c1ccc(O)c2[nH]c(=O)ccc12. The molecule has 282 valence electrons. The van der Waals surface area contributed by atoms with Gasteiger partial charge in [0, 0.05) is 36.7 Å². The number of phenolic OH excluding ortho intramolecular Hbond substituents is 1. The molecule has 12 heteroatoms. The second-order valence-electron chi connectivity index (χ2n) is 15.2. The number of aromatic nitrogens is 2. The third kappa shape index (κ3) is 8.85. The lowest BCUT2D eigenvalue weighted by molar-refractivity contribution is 0.181. The molecule has 0 saturated heterocycles. The molecule has 10 nitrogen and oxygen atoms in total. The predicted molar refractivity (Wildman–Crippen MR) is 222 cm³/mol. The minimum atomic E-state index is -2.22. The van der Waals surface area contributed by atoms with Crippen LogP contribution < -0.4 is 21.1 Å². The molecule has 1 amide bonds. The van der Waals surface area contributed by atoms with Crippen LogP contribution >= 0.6 is 11.3 Å². The molecule has 0 spiro atoms. The molecule has 1 atom stereocenters. The summed E-state index contributed by atoms with van der Waals surface area (Å²) in [6, 6.07) is 28.4. The zero-order valence-corrected chi connectivity index (χ0v) is 33.2. The third-order valence-corrected chi connectivity index (χ3v) is 15.8. The average molecular weight is 765 g/mol. The molecule has 0 fully saturated rings. The second-order valence-corrected chi connectivity index (χ2v) is 21.0. The largest absolute Gasteiger partial charge is 0.506 e. The fourth-order valence-corrected chi connectivity index (χ4v) is 8.76. The van der Waals surface area contributed by atoms with Gasteiger partial charge in [0.05, 0.1) is 27.5 Å². The molecular weight excluding hydrogens is 717 g/mol. The van der Waals surface area contributed by atoms with Crippen LogP contribution in [-0.2, 0) is 23.9 Å². The van der Waals surface area contributed by atoms with Crippen LogP contribution in [0.3, 0.4) is 0 Å². The first-order valence-electron chi connectivity index (χ1n) is 18.2. The number of phenols is 1. The molecule has 0 aliphatic rings. The maximum Gasteiger partial charge on any atom is 0.409 e. The molecule has 0 unspecified atom stereocenters. The van der Waals surface area contributed by atoms with Crippen molar-refractivity contribution in [2.75, 3.05) is 11.9 Å². The fraction of sp³-hybridized carbons (Fsp3) is 0.310. The number of aromatic hydroxyl groups is 1. The molecule has 0 saturated carbocycles. The van der Waals surface area contributed by atoms with Gasteiger partial charge in [0.1, 0.15) is 5.75 Å². The Morgan fingerprint density at radius 1 is 0.944 bits per heavy atom. The number of nitrogens with zero attached hydrogens (tertiary/aromatic N) is 1. The number of rotatable bonds is 14.